The van der Waals surface area contributed by atoms with E-state index in [-0.39, 0.29) is 0 Å². The van der Waals surface area contributed by atoms with E-state index in [1.165, 1.54) is 6.07 Å². The fourth-order valence-electron chi connectivity index (χ4n) is 1.93. The summed E-state index contributed by atoms with van der Waals surface area (Å²) in [5, 5.41) is 6.88. The molecule has 2 N–H and O–H groups in total. The van der Waals surface area contributed by atoms with Gasteiger partial charge >= 0.3 is 6.18 Å². The van der Waals surface area contributed by atoms with E-state index < -0.39 is 11.7 Å². The summed E-state index contributed by atoms with van der Waals surface area (Å²) < 4.78 is 37.7. The number of hydrogen-bond acceptors (Lipinski definition) is 2. The van der Waals surface area contributed by atoms with Crippen molar-refractivity contribution in [2.45, 2.75) is 12.6 Å². The molecule has 0 bridgehead atoms. The summed E-state index contributed by atoms with van der Waals surface area (Å²) in [4.78, 5) is 0. The third kappa shape index (κ3) is 5.15. The van der Waals surface area contributed by atoms with Gasteiger partial charge in [-0.1, -0.05) is 17.7 Å². The molecule has 0 unspecified atom stereocenters. The van der Waals surface area contributed by atoms with E-state index in [0.29, 0.717) is 23.8 Å². The van der Waals surface area contributed by atoms with Crippen molar-refractivity contribution in [2.75, 3.05) is 23.7 Å². The second-order valence-electron chi connectivity index (χ2n) is 4.79. The molecule has 22 heavy (non-hydrogen) atoms. The van der Waals surface area contributed by atoms with Gasteiger partial charge in [0.1, 0.15) is 0 Å². The minimum absolute atomic E-state index is 0.473. The van der Waals surface area contributed by atoms with E-state index >= 15 is 0 Å². The highest BCUT2D eigenvalue weighted by molar-refractivity contribution is 6.30. The van der Waals surface area contributed by atoms with E-state index in [4.69, 9.17) is 11.6 Å². The topological polar surface area (TPSA) is 24.1 Å². The van der Waals surface area contributed by atoms with Crippen LogP contribution >= 0.6 is 11.6 Å². The lowest BCUT2D eigenvalue weighted by Crippen LogP contribution is -2.10. The fraction of sp³-hybridized carbons (Fsp3) is 0.250. The summed E-state index contributed by atoms with van der Waals surface area (Å²) in [6, 6.07) is 12.6. The molecular weight excluding hydrogens is 313 g/mol. The Balaban J connectivity index is 1.74. The third-order valence-electron chi connectivity index (χ3n) is 3.05. The van der Waals surface area contributed by atoms with Gasteiger partial charge in [0.05, 0.1) is 5.56 Å². The molecule has 6 heteroatoms. The molecule has 0 aliphatic rings. The number of halogens is 4. The van der Waals surface area contributed by atoms with Crippen molar-refractivity contribution in [2.24, 2.45) is 0 Å². The molecule has 2 rings (SSSR count). The zero-order valence-electron chi connectivity index (χ0n) is 11.8. The van der Waals surface area contributed by atoms with Crippen LogP contribution in [0.3, 0.4) is 0 Å². The molecule has 0 aromatic heterocycles. The fourth-order valence-corrected chi connectivity index (χ4v) is 2.05. The van der Waals surface area contributed by atoms with Gasteiger partial charge in [-0.2, -0.15) is 13.2 Å². The normalized spacial score (nSPS) is 11.3. The number of nitrogens with one attached hydrogen (secondary N) is 2. The first-order valence-corrected chi connectivity index (χ1v) is 7.23. The van der Waals surface area contributed by atoms with Gasteiger partial charge in [-0.05, 0) is 48.9 Å². The average Bonchev–Trinajstić information content (AvgIpc) is 2.48. The van der Waals surface area contributed by atoms with Crippen molar-refractivity contribution in [3.63, 3.8) is 0 Å². The van der Waals surface area contributed by atoms with Gasteiger partial charge in [0.2, 0.25) is 0 Å². The maximum Gasteiger partial charge on any atom is 0.416 e. The van der Waals surface area contributed by atoms with Crippen LogP contribution in [0.15, 0.2) is 48.5 Å². The van der Waals surface area contributed by atoms with E-state index in [1.54, 1.807) is 18.2 Å². The second kappa shape index (κ2) is 7.40. The molecule has 0 atom stereocenters. The Morgan fingerprint density at radius 2 is 1.50 bits per heavy atom. The van der Waals surface area contributed by atoms with Gasteiger partial charge in [0.25, 0.3) is 0 Å². The zero-order chi connectivity index (χ0) is 16.0. The summed E-state index contributed by atoms with van der Waals surface area (Å²) >= 11 is 5.79. The van der Waals surface area contributed by atoms with Crippen LogP contribution < -0.4 is 10.6 Å². The minimum atomic E-state index is -4.31. The molecule has 0 radical (unpaired) electrons. The average molecular weight is 329 g/mol. The highest BCUT2D eigenvalue weighted by atomic mass is 35.5. The highest BCUT2D eigenvalue weighted by Crippen LogP contribution is 2.30. The lowest BCUT2D eigenvalue weighted by molar-refractivity contribution is -0.137. The molecule has 0 spiro atoms. The maximum absolute atomic E-state index is 12.6. The van der Waals surface area contributed by atoms with Crippen LogP contribution in [0.25, 0.3) is 0 Å². The highest BCUT2D eigenvalue weighted by Gasteiger charge is 2.30. The first-order valence-electron chi connectivity index (χ1n) is 6.86. The Hall–Kier alpha value is -1.88. The number of rotatable bonds is 6. The summed E-state index contributed by atoms with van der Waals surface area (Å²) in [7, 11) is 0. The van der Waals surface area contributed by atoms with Gasteiger partial charge < -0.3 is 10.6 Å². The van der Waals surface area contributed by atoms with E-state index in [9.17, 15) is 13.2 Å². The number of anilines is 2. The van der Waals surface area contributed by atoms with Gasteiger partial charge in [0, 0.05) is 29.5 Å². The molecule has 0 aliphatic carbocycles. The smallest absolute Gasteiger partial charge is 0.385 e. The van der Waals surface area contributed by atoms with Crippen LogP contribution in [-0.4, -0.2) is 13.1 Å². The Labute approximate surface area is 132 Å². The van der Waals surface area contributed by atoms with Crippen LogP contribution in [0.2, 0.25) is 5.02 Å². The molecule has 0 saturated heterocycles. The predicted octanol–water partition coefficient (Wildman–Crippen LogP) is 5.27. The van der Waals surface area contributed by atoms with Gasteiger partial charge in [0.15, 0.2) is 0 Å². The van der Waals surface area contributed by atoms with Crippen molar-refractivity contribution in [3.05, 3.63) is 59.1 Å². The first kappa shape index (κ1) is 16.5. The van der Waals surface area contributed by atoms with Crippen molar-refractivity contribution in [1.82, 2.24) is 0 Å². The lowest BCUT2D eigenvalue weighted by Gasteiger charge is -2.11. The lowest BCUT2D eigenvalue weighted by atomic mass is 10.2. The Morgan fingerprint density at radius 1 is 0.864 bits per heavy atom. The van der Waals surface area contributed by atoms with Crippen LogP contribution in [0.1, 0.15) is 12.0 Å². The molecule has 0 aliphatic heterocycles. The number of hydrogen-bond donors (Lipinski definition) is 2. The predicted molar refractivity (Wildman–Crippen MR) is 84.5 cm³/mol. The van der Waals surface area contributed by atoms with Gasteiger partial charge in [-0.25, -0.2) is 0 Å². The third-order valence-corrected chi connectivity index (χ3v) is 3.30. The minimum Gasteiger partial charge on any atom is -0.385 e. The van der Waals surface area contributed by atoms with E-state index in [1.807, 2.05) is 12.1 Å². The molecular formula is C16H16ClF3N2. The van der Waals surface area contributed by atoms with Crippen LogP contribution in [0.4, 0.5) is 24.5 Å². The molecule has 0 fully saturated rings. The Kier molecular flexibility index (Phi) is 5.55. The summed E-state index contributed by atoms with van der Waals surface area (Å²) in [6.45, 7) is 1.30. The van der Waals surface area contributed by atoms with E-state index in [0.717, 1.165) is 24.2 Å². The monoisotopic (exact) mass is 328 g/mol. The van der Waals surface area contributed by atoms with Crippen molar-refractivity contribution in [1.29, 1.82) is 0 Å². The second-order valence-corrected chi connectivity index (χ2v) is 5.23. The number of benzene rings is 2. The summed E-state index contributed by atoms with van der Waals surface area (Å²) in [6.07, 6.45) is -3.54. The van der Waals surface area contributed by atoms with Gasteiger partial charge in [-0.15, -0.1) is 0 Å². The molecule has 2 aromatic rings. The summed E-state index contributed by atoms with van der Waals surface area (Å²) in [5.74, 6) is 0. The van der Waals surface area contributed by atoms with Crippen molar-refractivity contribution < 1.29 is 13.2 Å². The van der Waals surface area contributed by atoms with E-state index in [2.05, 4.69) is 10.6 Å². The maximum atomic E-state index is 12.6. The van der Waals surface area contributed by atoms with Crippen molar-refractivity contribution >= 4 is 23.0 Å². The molecule has 0 heterocycles. The van der Waals surface area contributed by atoms with Crippen molar-refractivity contribution in [3.8, 4) is 0 Å². The molecule has 0 amide bonds. The Morgan fingerprint density at radius 3 is 2.14 bits per heavy atom. The Bertz CT molecular complexity index is 597. The quantitative estimate of drug-likeness (QED) is 0.706. The van der Waals surface area contributed by atoms with Crippen LogP contribution in [0.5, 0.6) is 0 Å². The first-order chi connectivity index (χ1) is 10.4. The number of alkyl halides is 3. The summed E-state index contributed by atoms with van der Waals surface area (Å²) in [5.41, 5.74) is 0.793. The molecule has 2 nitrogen and oxygen atoms in total. The molecule has 2 aromatic carbocycles. The zero-order valence-corrected chi connectivity index (χ0v) is 12.5. The van der Waals surface area contributed by atoms with Gasteiger partial charge in [-0.3, -0.25) is 0 Å². The standard InChI is InChI=1S/C16H16ClF3N2/c17-13-5-7-14(8-6-13)21-9-2-10-22-15-4-1-3-12(11-15)16(18,19)20/h1,3-8,11,21-22H,2,9-10H2. The largest absolute Gasteiger partial charge is 0.416 e. The molecule has 0 saturated carbocycles. The SMILES string of the molecule is FC(F)(F)c1cccc(NCCCNc2ccc(Cl)cc2)c1. The molecule has 118 valence electrons. The van der Waals surface area contributed by atoms with Crippen LogP contribution in [0, 0.1) is 0 Å². The van der Waals surface area contributed by atoms with Crippen LogP contribution in [-0.2, 0) is 6.18 Å².